The van der Waals surface area contributed by atoms with Crippen LogP contribution in [0.3, 0.4) is 0 Å². The summed E-state index contributed by atoms with van der Waals surface area (Å²) in [4.78, 5) is 14.5. The molecule has 0 bridgehead atoms. The molecule has 0 saturated heterocycles. The van der Waals surface area contributed by atoms with Gasteiger partial charge in [-0.3, -0.25) is 4.79 Å². The Bertz CT molecular complexity index is 464. The average molecular weight is 246 g/mol. The molecule has 1 aromatic rings. The first-order chi connectivity index (χ1) is 8.65. The summed E-state index contributed by atoms with van der Waals surface area (Å²) in [5.41, 5.74) is 11.0. The highest BCUT2D eigenvalue weighted by atomic mass is 16.1. The third-order valence-electron chi connectivity index (χ3n) is 2.66. The number of unbranched alkanes of at least 4 members (excludes halogenated alkanes) is 1. The van der Waals surface area contributed by atoms with Crippen LogP contribution in [0, 0.1) is 13.8 Å². The summed E-state index contributed by atoms with van der Waals surface area (Å²) in [6.07, 6.45) is 1.60. The topological polar surface area (TPSA) is 77.9 Å². The molecule has 0 aliphatic heterocycles. The molecule has 0 radical (unpaired) electrons. The van der Waals surface area contributed by atoms with Gasteiger partial charge in [-0.05, 0) is 43.9 Å². The lowest BCUT2D eigenvalue weighted by atomic mass is 10.1. The minimum atomic E-state index is -0.0451. The van der Waals surface area contributed by atoms with E-state index in [0.29, 0.717) is 13.1 Å². The second-order valence-corrected chi connectivity index (χ2v) is 4.24. The zero-order valence-corrected chi connectivity index (χ0v) is 10.8. The average Bonchev–Trinajstić information content (AvgIpc) is 2.33. The number of carbonyl (C=O) groups excluding carboxylic acids is 1. The predicted octanol–water partition coefficient (Wildman–Crippen LogP) is 3.12. The van der Waals surface area contributed by atoms with Crippen LogP contribution in [0.25, 0.3) is 10.4 Å². The summed E-state index contributed by atoms with van der Waals surface area (Å²) >= 11 is 0. The minimum Gasteiger partial charge on any atom is -0.352 e. The zero-order valence-electron chi connectivity index (χ0n) is 10.8. The van der Waals surface area contributed by atoms with E-state index in [1.807, 2.05) is 32.0 Å². The van der Waals surface area contributed by atoms with Crippen molar-refractivity contribution in [2.75, 3.05) is 13.1 Å². The van der Waals surface area contributed by atoms with Crippen molar-refractivity contribution < 1.29 is 4.79 Å². The Balaban J connectivity index is 2.38. The van der Waals surface area contributed by atoms with E-state index in [2.05, 4.69) is 15.3 Å². The van der Waals surface area contributed by atoms with Gasteiger partial charge in [-0.15, -0.1) is 0 Å². The van der Waals surface area contributed by atoms with Crippen LogP contribution >= 0.6 is 0 Å². The quantitative estimate of drug-likeness (QED) is 0.356. The number of hydrogen-bond donors (Lipinski definition) is 1. The highest BCUT2D eigenvalue weighted by Crippen LogP contribution is 2.10. The monoisotopic (exact) mass is 246 g/mol. The molecule has 0 atom stereocenters. The first kappa shape index (κ1) is 14.1. The van der Waals surface area contributed by atoms with Crippen LogP contribution in [-0.2, 0) is 0 Å². The van der Waals surface area contributed by atoms with E-state index in [1.54, 1.807) is 0 Å². The van der Waals surface area contributed by atoms with Crippen LogP contribution in [-0.4, -0.2) is 19.0 Å². The Morgan fingerprint density at radius 1 is 1.39 bits per heavy atom. The smallest absolute Gasteiger partial charge is 0.251 e. The third kappa shape index (κ3) is 4.47. The van der Waals surface area contributed by atoms with E-state index in [9.17, 15) is 4.79 Å². The van der Waals surface area contributed by atoms with Gasteiger partial charge in [0, 0.05) is 23.6 Å². The van der Waals surface area contributed by atoms with Gasteiger partial charge in [0.15, 0.2) is 0 Å². The molecule has 0 unspecified atom stereocenters. The molecule has 0 aromatic heterocycles. The van der Waals surface area contributed by atoms with Crippen LogP contribution < -0.4 is 5.32 Å². The number of nitrogens with zero attached hydrogens (tertiary/aromatic N) is 3. The maximum absolute atomic E-state index is 11.9. The molecule has 18 heavy (non-hydrogen) atoms. The van der Waals surface area contributed by atoms with Crippen molar-refractivity contribution in [3.63, 3.8) is 0 Å². The second-order valence-electron chi connectivity index (χ2n) is 4.24. The van der Waals surface area contributed by atoms with Crippen LogP contribution in [0.15, 0.2) is 23.3 Å². The second kappa shape index (κ2) is 7.35. The molecule has 5 nitrogen and oxygen atoms in total. The maximum Gasteiger partial charge on any atom is 0.251 e. The molecule has 96 valence electrons. The zero-order chi connectivity index (χ0) is 13.4. The number of rotatable bonds is 6. The van der Waals surface area contributed by atoms with Gasteiger partial charge in [0.1, 0.15) is 0 Å². The maximum atomic E-state index is 11.9. The first-order valence-electron chi connectivity index (χ1n) is 6.01. The van der Waals surface area contributed by atoms with Crippen LogP contribution in [0.1, 0.15) is 34.3 Å². The summed E-state index contributed by atoms with van der Waals surface area (Å²) < 4.78 is 0. The molecule has 0 heterocycles. The normalized spacial score (nSPS) is 9.67. The van der Waals surface area contributed by atoms with Gasteiger partial charge in [0.25, 0.3) is 5.91 Å². The summed E-state index contributed by atoms with van der Waals surface area (Å²) in [5.74, 6) is -0.0451. The van der Waals surface area contributed by atoms with Crippen molar-refractivity contribution in [1.82, 2.24) is 5.32 Å². The van der Waals surface area contributed by atoms with Crippen LogP contribution in [0.2, 0.25) is 0 Å². The molecule has 1 aromatic carbocycles. The number of aryl methyl sites for hydroxylation is 2. The van der Waals surface area contributed by atoms with E-state index in [4.69, 9.17) is 5.53 Å². The summed E-state index contributed by atoms with van der Waals surface area (Å²) in [6.45, 7) is 5.02. The first-order valence-corrected chi connectivity index (χ1v) is 6.01. The van der Waals surface area contributed by atoms with Gasteiger partial charge in [0.2, 0.25) is 0 Å². The highest BCUT2D eigenvalue weighted by molar-refractivity contribution is 5.95. The fraction of sp³-hybridized carbons (Fsp3) is 0.462. The molecule has 0 saturated carbocycles. The van der Waals surface area contributed by atoms with E-state index in [-0.39, 0.29) is 5.91 Å². The number of hydrogen-bond acceptors (Lipinski definition) is 2. The van der Waals surface area contributed by atoms with Crippen molar-refractivity contribution in [3.8, 4) is 0 Å². The molecule has 0 aliphatic rings. The van der Waals surface area contributed by atoms with Crippen molar-refractivity contribution in [3.05, 3.63) is 45.3 Å². The van der Waals surface area contributed by atoms with Crippen LogP contribution in [0.5, 0.6) is 0 Å². The molecule has 1 amide bonds. The molecule has 0 aliphatic carbocycles. The number of benzene rings is 1. The Morgan fingerprint density at radius 3 is 2.83 bits per heavy atom. The summed E-state index contributed by atoms with van der Waals surface area (Å²) in [5, 5.41) is 6.30. The minimum absolute atomic E-state index is 0.0451. The predicted molar refractivity (Wildman–Crippen MR) is 71.5 cm³/mol. The highest BCUT2D eigenvalue weighted by Gasteiger charge is 2.07. The SMILES string of the molecule is Cc1ccc(C(=O)NCCCCN=[N+]=[N-])c(C)c1. The van der Waals surface area contributed by atoms with Crippen molar-refractivity contribution in [2.45, 2.75) is 26.7 Å². The largest absolute Gasteiger partial charge is 0.352 e. The molecule has 0 fully saturated rings. The fourth-order valence-corrected chi connectivity index (χ4v) is 1.72. The molecule has 1 N–H and O–H groups in total. The summed E-state index contributed by atoms with van der Waals surface area (Å²) in [6, 6.07) is 5.78. The van der Waals surface area contributed by atoms with Gasteiger partial charge in [-0.1, -0.05) is 22.8 Å². The third-order valence-corrected chi connectivity index (χ3v) is 2.66. The lowest BCUT2D eigenvalue weighted by Crippen LogP contribution is -2.25. The van der Waals surface area contributed by atoms with E-state index < -0.39 is 0 Å². The van der Waals surface area contributed by atoms with E-state index in [0.717, 1.165) is 29.5 Å². The van der Waals surface area contributed by atoms with Crippen molar-refractivity contribution in [1.29, 1.82) is 0 Å². The van der Waals surface area contributed by atoms with Gasteiger partial charge in [0.05, 0.1) is 0 Å². The van der Waals surface area contributed by atoms with E-state index in [1.165, 1.54) is 0 Å². The van der Waals surface area contributed by atoms with Gasteiger partial charge >= 0.3 is 0 Å². The number of nitrogens with one attached hydrogen (secondary N) is 1. The molecular formula is C13H18N4O. The molecule has 0 spiro atoms. The van der Waals surface area contributed by atoms with Gasteiger partial charge in [-0.25, -0.2) is 0 Å². The van der Waals surface area contributed by atoms with Gasteiger partial charge in [-0.2, -0.15) is 0 Å². The Kier molecular flexibility index (Phi) is 5.74. The lowest BCUT2D eigenvalue weighted by Gasteiger charge is -2.07. The number of azide groups is 1. The lowest BCUT2D eigenvalue weighted by molar-refractivity contribution is 0.0952. The Hall–Kier alpha value is -2.00. The molecule has 1 rings (SSSR count). The standard InChI is InChI=1S/C13H18N4O/c1-10-5-6-12(11(2)9-10)13(18)15-7-3-4-8-16-17-14/h5-6,9H,3-4,7-8H2,1-2H3,(H,15,18). The van der Waals surface area contributed by atoms with Gasteiger partial charge < -0.3 is 5.32 Å². The fourth-order valence-electron chi connectivity index (χ4n) is 1.72. The molecule has 5 heteroatoms. The number of carbonyl (C=O) groups is 1. The Labute approximate surface area is 107 Å². The van der Waals surface area contributed by atoms with Crippen molar-refractivity contribution in [2.24, 2.45) is 5.11 Å². The summed E-state index contributed by atoms with van der Waals surface area (Å²) in [7, 11) is 0. The van der Waals surface area contributed by atoms with Crippen molar-refractivity contribution >= 4 is 5.91 Å². The number of amides is 1. The van der Waals surface area contributed by atoms with Crippen LogP contribution in [0.4, 0.5) is 0 Å². The van der Waals surface area contributed by atoms with E-state index >= 15 is 0 Å². The molecular weight excluding hydrogens is 228 g/mol. The Morgan fingerprint density at radius 2 is 2.17 bits per heavy atom.